The second kappa shape index (κ2) is 10.5. The Hall–Kier alpha value is -3.59. The number of rotatable bonds is 8. The number of hydrogen-bond acceptors (Lipinski definition) is 6. The Labute approximate surface area is 164 Å². The Kier molecular flexibility index (Phi) is 7.79. The first-order valence-electron chi connectivity index (χ1n) is 8.82. The Morgan fingerprint density at radius 2 is 1.68 bits per heavy atom. The third kappa shape index (κ3) is 5.99. The molecule has 2 aromatic rings. The molecule has 0 aromatic heterocycles. The zero-order valence-electron chi connectivity index (χ0n) is 15.8. The van der Waals surface area contributed by atoms with Crippen LogP contribution in [0.1, 0.15) is 35.7 Å². The van der Waals surface area contributed by atoms with Gasteiger partial charge in [0, 0.05) is 0 Å². The van der Waals surface area contributed by atoms with Crippen molar-refractivity contribution in [2.75, 3.05) is 13.7 Å². The maximum Gasteiger partial charge on any atom is 0.354 e. The molecule has 144 valence electrons. The van der Waals surface area contributed by atoms with E-state index in [1.54, 1.807) is 24.3 Å². The van der Waals surface area contributed by atoms with Crippen molar-refractivity contribution in [3.05, 3.63) is 65.2 Å². The van der Waals surface area contributed by atoms with Crippen LogP contribution in [0, 0.1) is 11.3 Å². The SMILES string of the molecule is CCCCOc1ccc(/C=C(\C#N)C(=O)Oc2ccc(C(=O)OC)cc2)cc1. The number of ether oxygens (including phenoxy) is 3. The predicted molar refractivity (Wildman–Crippen MR) is 104 cm³/mol. The lowest BCUT2D eigenvalue weighted by atomic mass is 10.1. The maximum atomic E-state index is 12.2. The van der Waals surface area contributed by atoms with Crippen LogP contribution in [0.25, 0.3) is 6.08 Å². The van der Waals surface area contributed by atoms with Crippen LogP contribution < -0.4 is 9.47 Å². The molecular formula is C22H21NO5. The molecule has 2 aromatic carbocycles. The standard InChI is InChI=1S/C22H21NO5/c1-3-4-13-27-19-9-5-16(6-10-19)14-18(15-23)22(25)28-20-11-7-17(8-12-20)21(24)26-2/h5-12,14H,3-4,13H2,1-2H3/b18-14+. The Morgan fingerprint density at radius 1 is 1.04 bits per heavy atom. The molecule has 0 amide bonds. The fourth-order valence-electron chi connectivity index (χ4n) is 2.24. The van der Waals surface area contributed by atoms with E-state index in [9.17, 15) is 14.9 Å². The normalized spacial score (nSPS) is 10.7. The molecule has 0 spiro atoms. The van der Waals surface area contributed by atoms with Crippen molar-refractivity contribution in [1.82, 2.24) is 0 Å². The molecule has 0 saturated carbocycles. The molecule has 0 aliphatic heterocycles. The Morgan fingerprint density at radius 3 is 2.25 bits per heavy atom. The van der Waals surface area contributed by atoms with Gasteiger partial charge in [0.05, 0.1) is 19.3 Å². The first-order chi connectivity index (χ1) is 13.6. The third-order valence-electron chi connectivity index (χ3n) is 3.78. The number of methoxy groups -OCH3 is 1. The van der Waals surface area contributed by atoms with Crippen LogP contribution >= 0.6 is 0 Å². The van der Waals surface area contributed by atoms with Gasteiger partial charge in [-0.1, -0.05) is 25.5 Å². The van der Waals surface area contributed by atoms with Gasteiger partial charge in [-0.15, -0.1) is 0 Å². The average molecular weight is 379 g/mol. The largest absolute Gasteiger partial charge is 0.494 e. The van der Waals surface area contributed by atoms with E-state index >= 15 is 0 Å². The summed E-state index contributed by atoms with van der Waals surface area (Å²) in [4.78, 5) is 23.6. The number of nitriles is 1. The summed E-state index contributed by atoms with van der Waals surface area (Å²) in [5.41, 5.74) is 0.869. The van der Waals surface area contributed by atoms with Crippen molar-refractivity contribution in [3.63, 3.8) is 0 Å². The van der Waals surface area contributed by atoms with Gasteiger partial charge in [0.1, 0.15) is 23.1 Å². The monoisotopic (exact) mass is 379 g/mol. The highest BCUT2D eigenvalue weighted by Gasteiger charge is 2.13. The van der Waals surface area contributed by atoms with Crippen LogP contribution in [0.3, 0.4) is 0 Å². The summed E-state index contributed by atoms with van der Waals surface area (Å²) in [5, 5.41) is 9.28. The molecule has 0 saturated heterocycles. The van der Waals surface area contributed by atoms with Crippen LogP contribution in [0.2, 0.25) is 0 Å². The summed E-state index contributed by atoms with van der Waals surface area (Å²) in [6.45, 7) is 2.74. The molecule has 0 bridgehead atoms. The molecule has 6 heteroatoms. The summed E-state index contributed by atoms with van der Waals surface area (Å²) >= 11 is 0. The highest BCUT2D eigenvalue weighted by molar-refractivity contribution is 5.99. The molecule has 0 fully saturated rings. The van der Waals surface area contributed by atoms with Crippen molar-refractivity contribution in [1.29, 1.82) is 5.26 Å². The summed E-state index contributed by atoms with van der Waals surface area (Å²) in [7, 11) is 1.28. The van der Waals surface area contributed by atoms with Crippen molar-refractivity contribution >= 4 is 18.0 Å². The van der Waals surface area contributed by atoms with Gasteiger partial charge in [0.25, 0.3) is 0 Å². The van der Waals surface area contributed by atoms with Crippen LogP contribution in [-0.2, 0) is 9.53 Å². The van der Waals surface area contributed by atoms with Gasteiger partial charge in [0.15, 0.2) is 0 Å². The molecular weight excluding hydrogens is 358 g/mol. The van der Waals surface area contributed by atoms with E-state index in [0.29, 0.717) is 17.7 Å². The van der Waals surface area contributed by atoms with Gasteiger partial charge in [-0.2, -0.15) is 5.26 Å². The molecule has 2 rings (SSSR count). The first kappa shape index (κ1) is 20.7. The van der Waals surface area contributed by atoms with Crippen molar-refractivity contribution in [2.45, 2.75) is 19.8 Å². The average Bonchev–Trinajstić information content (AvgIpc) is 2.73. The zero-order valence-corrected chi connectivity index (χ0v) is 15.8. The van der Waals surface area contributed by atoms with Gasteiger partial charge in [-0.3, -0.25) is 0 Å². The number of unbranched alkanes of at least 4 members (excludes halogenated alkanes) is 1. The van der Waals surface area contributed by atoms with Gasteiger partial charge >= 0.3 is 11.9 Å². The Balaban J connectivity index is 2.04. The minimum Gasteiger partial charge on any atom is -0.494 e. The minimum atomic E-state index is -0.781. The summed E-state index contributed by atoms with van der Waals surface area (Å²) in [6, 6.07) is 14.8. The molecule has 6 nitrogen and oxygen atoms in total. The molecule has 0 aliphatic carbocycles. The second-order valence-corrected chi connectivity index (χ2v) is 5.85. The maximum absolute atomic E-state index is 12.2. The van der Waals surface area contributed by atoms with E-state index in [4.69, 9.17) is 9.47 Å². The highest BCUT2D eigenvalue weighted by atomic mass is 16.5. The van der Waals surface area contributed by atoms with Crippen LogP contribution in [0.5, 0.6) is 11.5 Å². The van der Waals surface area contributed by atoms with Crippen LogP contribution in [0.15, 0.2) is 54.1 Å². The first-order valence-corrected chi connectivity index (χ1v) is 8.82. The number of nitrogens with zero attached hydrogens (tertiary/aromatic N) is 1. The van der Waals surface area contributed by atoms with E-state index in [1.807, 2.05) is 6.07 Å². The number of carbonyl (C=O) groups is 2. The van der Waals surface area contributed by atoms with Gasteiger partial charge in [0.2, 0.25) is 0 Å². The number of esters is 2. The van der Waals surface area contributed by atoms with Gasteiger partial charge < -0.3 is 14.2 Å². The predicted octanol–water partition coefficient (Wildman–Crippen LogP) is 4.16. The molecule has 0 heterocycles. The number of benzene rings is 2. The zero-order chi connectivity index (χ0) is 20.4. The number of hydrogen-bond donors (Lipinski definition) is 0. The molecule has 0 atom stereocenters. The minimum absolute atomic E-state index is 0.142. The smallest absolute Gasteiger partial charge is 0.354 e. The lowest BCUT2D eigenvalue weighted by Gasteiger charge is -2.06. The molecule has 0 unspecified atom stereocenters. The van der Waals surface area contributed by atoms with E-state index in [-0.39, 0.29) is 11.3 Å². The summed E-state index contributed by atoms with van der Waals surface area (Å²) in [5.74, 6) is -0.315. The topological polar surface area (TPSA) is 85.6 Å². The fraction of sp³-hybridized carbons (Fsp3) is 0.227. The van der Waals surface area contributed by atoms with Gasteiger partial charge in [-0.25, -0.2) is 9.59 Å². The second-order valence-electron chi connectivity index (χ2n) is 5.85. The lowest BCUT2D eigenvalue weighted by molar-refractivity contribution is -0.129. The van der Waals surface area contributed by atoms with Crippen molar-refractivity contribution < 1.29 is 23.8 Å². The van der Waals surface area contributed by atoms with Crippen molar-refractivity contribution in [3.8, 4) is 17.6 Å². The highest BCUT2D eigenvalue weighted by Crippen LogP contribution is 2.17. The Bertz CT molecular complexity index is 877. The van der Waals surface area contributed by atoms with E-state index < -0.39 is 11.9 Å². The van der Waals surface area contributed by atoms with E-state index in [1.165, 1.54) is 37.5 Å². The lowest BCUT2D eigenvalue weighted by Crippen LogP contribution is -2.10. The van der Waals surface area contributed by atoms with Crippen LogP contribution in [0.4, 0.5) is 0 Å². The molecule has 0 radical (unpaired) electrons. The summed E-state index contributed by atoms with van der Waals surface area (Å²) < 4.78 is 15.4. The van der Waals surface area contributed by atoms with Crippen LogP contribution in [-0.4, -0.2) is 25.7 Å². The molecule has 0 aliphatic rings. The third-order valence-corrected chi connectivity index (χ3v) is 3.78. The van der Waals surface area contributed by atoms with E-state index in [2.05, 4.69) is 11.7 Å². The fourth-order valence-corrected chi connectivity index (χ4v) is 2.24. The van der Waals surface area contributed by atoms with Gasteiger partial charge in [-0.05, 0) is 54.5 Å². The summed E-state index contributed by atoms with van der Waals surface area (Å²) in [6.07, 6.45) is 3.48. The van der Waals surface area contributed by atoms with Crippen molar-refractivity contribution in [2.24, 2.45) is 0 Å². The molecule has 28 heavy (non-hydrogen) atoms. The van der Waals surface area contributed by atoms with E-state index in [0.717, 1.165) is 18.6 Å². The molecule has 0 N–H and O–H groups in total. The quantitative estimate of drug-likeness (QED) is 0.225. The number of carbonyl (C=O) groups excluding carboxylic acids is 2.